The van der Waals surface area contributed by atoms with E-state index in [9.17, 15) is 5.41 Å². The molecule has 0 spiro atoms. The molecule has 5 heteroatoms. The number of hydrogen-bond donors (Lipinski definition) is 2. The second-order valence-electron chi connectivity index (χ2n) is 12.6. The molecule has 0 aliphatic heterocycles. The molecule has 1 unspecified atom stereocenters. The van der Waals surface area contributed by atoms with Gasteiger partial charge in [0, 0.05) is 61.9 Å². The summed E-state index contributed by atoms with van der Waals surface area (Å²) in [5, 5.41) is 16.9. The monoisotopic (exact) mass is 622 g/mol. The van der Waals surface area contributed by atoms with Crippen LogP contribution in [0.25, 0.3) is 55.4 Å². The van der Waals surface area contributed by atoms with Gasteiger partial charge >= 0.3 is 0 Å². The summed E-state index contributed by atoms with van der Waals surface area (Å²) in [7, 11) is 0. The molecule has 8 aromatic rings. The molecule has 9 rings (SSSR count). The van der Waals surface area contributed by atoms with Crippen LogP contribution in [0, 0.1) is 5.41 Å². The first-order chi connectivity index (χ1) is 23.7. The van der Waals surface area contributed by atoms with Crippen LogP contribution in [-0.2, 0) is 6.54 Å². The summed E-state index contributed by atoms with van der Waals surface area (Å²) in [6, 6.07) is 45.9. The van der Waals surface area contributed by atoms with E-state index in [1.807, 2.05) is 59.6 Å². The molecule has 0 saturated carbocycles. The van der Waals surface area contributed by atoms with Gasteiger partial charge in [-0.2, -0.15) is 0 Å². The van der Waals surface area contributed by atoms with Crippen molar-refractivity contribution in [2.24, 2.45) is 0 Å². The molecule has 2 N–H and O–H groups in total. The second kappa shape index (κ2) is 11.4. The van der Waals surface area contributed by atoms with E-state index in [2.05, 4.69) is 108 Å². The van der Waals surface area contributed by atoms with Crippen LogP contribution >= 0.6 is 0 Å². The van der Waals surface area contributed by atoms with Gasteiger partial charge in [0.25, 0.3) is 0 Å². The number of anilines is 1. The Morgan fingerprint density at radius 1 is 0.771 bits per heavy atom. The first-order valence-electron chi connectivity index (χ1n) is 16.6. The molecule has 1 aliphatic carbocycles. The topological polar surface area (TPSA) is 57.2 Å². The van der Waals surface area contributed by atoms with Gasteiger partial charge in [-0.25, -0.2) is 5.43 Å². The quantitative estimate of drug-likeness (QED) is 0.110. The highest BCUT2D eigenvalue weighted by molar-refractivity contribution is 6.31. The van der Waals surface area contributed by atoms with Crippen molar-refractivity contribution in [1.82, 2.24) is 9.99 Å². The maximum atomic E-state index is 9.20. The van der Waals surface area contributed by atoms with E-state index in [4.69, 9.17) is 4.42 Å². The van der Waals surface area contributed by atoms with Crippen molar-refractivity contribution in [3.8, 4) is 5.69 Å². The van der Waals surface area contributed by atoms with Crippen molar-refractivity contribution < 1.29 is 4.42 Å². The van der Waals surface area contributed by atoms with Gasteiger partial charge in [-0.3, -0.25) is 10.4 Å². The van der Waals surface area contributed by atoms with Gasteiger partial charge in [0.15, 0.2) is 0 Å². The molecule has 0 saturated heterocycles. The molecule has 232 valence electrons. The van der Waals surface area contributed by atoms with Crippen LogP contribution in [0.3, 0.4) is 0 Å². The highest BCUT2D eigenvalue weighted by Crippen LogP contribution is 2.48. The van der Waals surface area contributed by atoms with Crippen molar-refractivity contribution in [3.63, 3.8) is 0 Å². The third-order valence-corrected chi connectivity index (χ3v) is 9.68. The molecular formula is C43H34N4O. The number of fused-ring (bicyclic) bond motifs is 10. The molecule has 0 radical (unpaired) electrons. The molecule has 2 heterocycles. The van der Waals surface area contributed by atoms with E-state index in [0.29, 0.717) is 18.3 Å². The minimum Gasteiger partial charge on any atom is -0.455 e. The number of rotatable bonds is 6. The average Bonchev–Trinajstić information content (AvgIpc) is 3.70. The van der Waals surface area contributed by atoms with Crippen molar-refractivity contribution in [3.05, 3.63) is 162 Å². The van der Waals surface area contributed by atoms with E-state index in [0.717, 1.165) is 50.9 Å². The van der Waals surface area contributed by atoms with Crippen LogP contribution in [0.1, 0.15) is 41.6 Å². The second-order valence-corrected chi connectivity index (χ2v) is 12.6. The highest BCUT2D eigenvalue weighted by Gasteiger charge is 2.28. The van der Waals surface area contributed by atoms with Gasteiger partial charge in [-0.15, -0.1) is 0 Å². The van der Waals surface area contributed by atoms with Crippen molar-refractivity contribution >= 4 is 61.2 Å². The zero-order valence-electron chi connectivity index (χ0n) is 26.7. The Labute approximate surface area is 278 Å². The van der Waals surface area contributed by atoms with Crippen LogP contribution in [-0.4, -0.2) is 10.4 Å². The summed E-state index contributed by atoms with van der Waals surface area (Å²) in [6.45, 7) is 2.92. The molecular weight excluding hydrogens is 589 g/mol. The zero-order valence-corrected chi connectivity index (χ0v) is 26.7. The maximum absolute atomic E-state index is 9.20. The zero-order chi connectivity index (χ0) is 32.2. The van der Waals surface area contributed by atoms with Crippen LogP contribution in [0.5, 0.6) is 0 Å². The van der Waals surface area contributed by atoms with Gasteiger partial charge in [-0.05, 0) is 42.3 Å². The number of nitrogens with zero attached hydrogens (tertiary/aromatic N) is 2. The summed E-state index contributed by atoms with van der Waals surface area (Å²) in [4.78, 5) is 0. The van der Waals surface area contributed by atoms with Crippen LogP contribution in [0.2, 0.25) is 0 Å². The normalized spacial score (nSPS) is 14.2. The van der Waals surface area contributed by atoms with E-state index in [1.54, 1.807) is 0 Å². The summed E-state index contributed by atoms with van der Waals surface area (Å²) < 4.78 is 9.08. The SMILES string of the molecule is CC1CC=Cc2c1n(-c1ccc(N(NCc3ccccc3)C(=N)c3ccccc3)cc1)c1c3ccccc3c3oc4ccccc4c3c21. The van der Waals surface area contributed by atoms with Gasteiger partial charge in [-0.1, -0.05) is 122 Å². The van der Waals surface area contributed by atoms with E-state index in [-0.39, 0.29) is 0 Å². The number of nitrogens with one attached hydrogen (secondary N) is 2. The lowest BCUT2D eigenvalue weighted by Gasteiger charge is -2.27. The number of hydrazine groups is 1. The lowest BCUT2D eigenvalue weighted by Crippen LogP contribution is -2.42. The lowest BCUT2D eigenvalue weighted by molar-refractivity contribution is 0.673. The number of aromatic nitrogens is 1. The minimum absolute atomic E-state index is 0.333. The van der Waals surface area contributed by atoms with Gasteiger partial charge in [0.2, 0.25) is 0 Å². The third kappa shape index (κ3) is 4.47. The van der Waals surface area contributed by atoms with E-state index in [1.165, 1.54) is 32.9 Å². The summed E-state index contributed by atoms with van der Waals surface area (Å²) in [6.07, 6.45) is 5.61. The van der Waals surface area contributed by atoms with Crippen molar-refractivity contribution in [2.75, 3.05) is 5.01 Å². The third-order valence-electron chi connectivity index (χ3n) is 9.68. The summed E-state index contributed by atoms with van der Waals surface area (Å²) in [5.41, 5.74) is 13.2. The maximum Gasteiger partial charge on any atom is 0.147 e. The number of allylic oxidation sites excluding steroid dienone is 1. The Balaban J connectivity index is 1.24. The molecule has 0 bridgehead atoms. The fraction of sp³-hybridized carbons (Fsp3) is 0.0930. The first-order valence-corrected chi connectivity index (χ1v) is 16.6. The number of hydrogen-bond acceptors (Lipinski definition) is 3. The Morgan fingerprint density at radius 3 is 2.21 bits per heavy atom. The fourth-order valence-corrected chi connectivity index (χ4v) is 7.45. The largest absolute Gasteiger partial charge is 0.455 e. The van der Waals surface area contributed by atoms with Crippen molar-refractivity contribution in [1.29, 1.82) is 5.41 Å². The molecule has 5 nitrogen and oxygen atoms in total. The van der Waals surface area contributed by atoms with E-state index < -0.39 is 0 Å². The van der Waals surface area contributed by atoms with Gasteiger partial charge < -0.3 is 8.98 Å². The van der Waals surface area contributed by atoms with E-state index >= 15 is 0 Å². The Hall–Kier alpha value is -5.91. The fourth-order valence-electron chi connectivity index (χ4n) is 7.45. The number of amidine groups is 1. The van der Waals surface area contributed by atoms with Crippen LogP contribution in [0.4, 0.5) is 5.69 Å². The summed E-state index contributed by atoms with van der Waals surface area (Å²) in [5.74, 6) is 0.724. The molecule has 2 aromatic heterocycles. The molecule has 0 fully saturated rings. The predicted octanol–water partition coefficient (Wildman–Crippen LogP) is 10.7. The Bertz CT molecular complexity index is 2510. The van der Waals surface area contributed by atoms with Crippen LogP contribution in [0.15, 0.2) is 144 Å². The summed E-state index contributed by atoms with van der Waals surface area (Å²) >= 11 is 0. The van der Waals surface area contributed by atoms with Crippen LogP contribution < -0.4 is 10.4 Å². The predicted molar refractivity (Wildman–Crippen MR) is 199 cm³/mol. The van der Waals surface area contributed by atoms with Crippen molar-refractivity contribution in [2.45, 2.75) is 25.8 Å². The van der Waals surface area contributed by atoms with Gasteiger partial charge in [0.1, 0.15) is 17.0 Å². The smallest absolute Gasteiger partial charge is 0.147 e. The standard InChI is InChI=1S/C43H34N4O/c1-28-13-12-21-36-38-39-35-20-10-11-22-37(35)48-42(39)34-19-9-8-18-33(34)41(38)46(40(28)36)31-23-25-32(26-24-31)47(43(44)30-16-6-3-7-17-30)45-27-29-14-4-2-5-15-29/h2-12,14-26,28,44-45H,13,27H2,1H3. The molecule has 1 aliphatic rings. The highest BCUT2D eigenvalue weighted by atomic mass is 16.3. The molecule has 48 heavy (non-hydrogen) atoms. The number of furan rings is 1. The Kier molecular flexibility index (Phi) is 6.73. The molecule has 0 amide bonds. The lowest BCUT2D eigenvalue weighted by atomic mass is 9.91. The van der Waals surface area contributed by atoms with Gasteiger partial charge in [0.05, 0.1) is 11.2 Å². The first kappa shape index (κ1) is 28.3. The Morgan fingerprint density at radius 2 is 1.44 bits per heavy atom. The molecule has 1 atom stereocenters. The number of para-hydroxylation sites is 1. The average molecular weight is 623 g/mol. The number of benzene rings is 6. The minimum atomic E-state index is 0.333. The molecule has 6 aromatic carbocycles.